The van der Waals surface area contributed by atoms with Crippen LogP contribution in [0.2, 0.25) is 5.02 Å². The lowest BCUT2D eigenvalue weighted by Crippen LogP contribution is -2.15. The molecule has 112 valence electrons. The van der Waals surface area contributed by atoms with Gasteiger partial charge in [0, 0.05) is 14.6 Å². The quantitative estimate of drug-likeness (QED) is 0.668. The van der Waals surface area contributed by atoms with Crippen LogP contribution in [0.1, 0.15) is 5.56 Å². The van der Waals surface area contributed by atoms with E-state index in [-0.39, 0.29) is 4.90 Å². The van der Waals surface area contributed by atoms with Gasteiger partial charge >= 0.3 is 0 Å². The summed E-state index contributed by atoms with van der Waals surface area (Å²) in [5.74, 6) is 0. The first-order chi connectivity index (χ1) is 9.70. The molecule has 0 saturated carbocycles. The van der Waals surface area contributed by atoms with Crippen molar-refractivity contribution in [3.63, 3.8) is 0 Å². The zero-order valence-corrected chi connectivity index (χ0v) is 15.6. The topological polar surface area (TPSA) is 72.2 Å². The molecule has 0 unspecified atom stereocenters. The number of benzene rings is 2. The fourth-order valence-electron chi connectivity index (χ4n) is 1.72. The van der Waals surface area contributed by atoms with Crippen molar-refractivity contribution in [1.82, 2.24) is 0 Å². The van der Waals surface area contributed by atoms with E-state index in [1.807, 2.05) is 0 Å². The number of halogens is 3. The Balaban J connectivity index is 2.45. The van der Waals surface area contributed by atoms with E-state index in [2.05, 4.69) is 36.6 Å². The first-order valence-corrected chi connectivity index (χ1v) is 9.19. The van der Waals surface area contributed by atoms with Crippen molar-refractivity contribution in [3.8, 4) is 0 Å². The maximum Gasteiger partial charge on any atom is 0.262 e. The summed E-state index contributed by atoms with van der Waals surface area (Å²) in [6.45, 7) is 1.66. The number of hydrogen-bond acceptors (Lipinski definition) is 3. The van der Waals surface area contributed by atoms with Crippen LogP contribution in [-0.4, -0.2) is 8.42 Å². The first-order valence-electron chi connectivity index (χ1n) is 5.74. The van der Waals surface area contributed by atoms with E-state index >= 15 is 0 Å². The zero-order chi connectivity index (χ0) is 15.8. The van der Waals surface area contributed by atoms with Gasteiger partial charge in [-0.2, -0.15) is 0 Å². The molecule has 2 aromatic carbocycles. The SMILES string of the molecule is Cc1c(N)cc(Br)cc1S(=O)(=O)Nc1ccc(Cl)c(Br)c1. The number of hydrogen-bond donors (Lipinski definition) is 2. The molecule has 2 rings (SSSR count). The maximum atomic E-state index is 12.5. The third-order valence-electron chi connectivity index (χ3n) is 2.83. The number of rotatable bonds is 3. The van der Waals surface area contributed by atoms with Gasteiger partial charge in [0.15, 0.2) is 0 Å². The molecular weight excluding hydrogens is 443 g/mol. The number of sulfonamides is 1. The van der Waals surface area contributed by atoms with Crippen LogP contribution in [0.5, 0.6) is 0 Å². The molecule has 0 spiro atoms. The summed E-state index contributed by atoms with van der Waals surface area (Å²) in [6, 6.07) is 7.95. The molecule has 0 fully saturated rings. The fraction of sp³-hybridized carbons (Fsp3) is 0.0769. The van der Waals surface area contributed by atoms with E-state index < -0.39 is 10.0 Å². The van der Waals surface area contributed by atoms with Crippen LogP contribution in [0.15, 0.2) is 44.2 Å². The third-order valence-corrected chi connectivity index (χ3v) is 6.01. The summed E-state index contributed by atoms with van der Waals surface area (Å²) in [7, 11) is -3.74. The zero-order valence-electron chi connectivity index (χ0n) is 10.8. The van der Waals surface area contributed by atoms with Crippen LogP contribution in [0.4, 0.5) is 11.4 Å². The maximum absolute atomic E-state index is 12.5. The van der Waals surface area contributed by atoms with Gasteiger partial charge in [0.25, 0.3) is 10.0 Å². The molecule has 21 heavy (non-hydrogen) atoms. The molecule has 0 heterocycles. The molecular formula is C13H11Br2ClN2O2S. The van der Waals surface area contributed by atoms with Gasteiger partial charge < -0.3 is 5.73 Å². The van der Waals surface area contributed by atoms with Gasteiger partial charge in [-0.05, 0) is 58.7 Å². The fourth-order valence-corrected chi connectivity index (χ4v) is 4.20. The highest BCUT2D eigenvalue weighted by Crippen LogP contribution is 2.30. The van der Waals surface area contributed by atoms with E-state index in [4.69, 9.17) is 17.3 Å². The van der Waals surface area contributed by atoms with Gasteiger partial charge in [-0.3, -0.25) is 4.72 Å². The van der Waals surface area contributed by atoms with Crippen LogP contribution in [0, 0.1) is 6.92 Å². The summed E-state index contributed by atoms with van der Waals surface area (Å²) in [5, 5.41) is 0.501. The highest BCUT2D eigenvalue weighted by Gasteiger charge is 2.19. The Bertz CT molecular complexity index is 810. The van der Waals surface area contributed by atoms with E-state index in [1.54, 1.807) is 31.2 Å². The van der Waals surface area contributed by atoms with Crippen molar-refractivity contribution in [2.45, 2.75) is 11.8 Å². The van der Waals surface area contributed by atoms with Crippen LogP contribution < -0.4 is 10.5 Å². The third kappa shape index (κ3) is 3.71. The predicted molar refractivity (Wildman–Crippen MR) is 93.3 cm³/mol. The van der Waals surface area contributed by atoms with Crippen molar-refractivity contribution in [2.75, 3.05) is 10.5 Å². The molecule has 0 aliphatic carbocycles. The smallest absolute Gasteiger partial charge is 0.262 e. The average molecular weight is 455 g/mol. The number of nitrogens with one attached hydrogen (secondary N) is 1. The predicted octanol–water partition coefficient (Wildman–Crippen LogP) is 4.56. The second kappa shape index (κ2) is 6.16. The number of nitrogens with two attached hydrogens (primary N) is 1. The van der Waals surface area contributed by atoms with Gasteiger partial charge in [-0.15, -0.1) is 0 Å². The van der Waals surface area contributed by atoms with Crippen molar-refractivity contribution in [3.05, 3.63) is 49.9 Å². The molecule has 0 amide bonds. The highest BCUT2D eigenvalue weighted by molar-refractivity contribution is 9.10. The normalized spacial score (nSPS) is 11.4. The Morgan fingerprint density at radius 2 is 1.86 bits per heavy atom. The summed E-state index contributed by atoms with van der Waals surface area (Å²) in [4.78, 5) is 0.125. The molecule has 0 bridgehead atoms. The van der Waals surface area contributed by atoms with Crippen molar-refractivity contribution < 1.29 is 8.42 Å². The van der Waals surface area contributed by atoms with Gasteiger partial charge in [-0.1, -0.05) is 27.5 Å². The molecule has 0 atom stereocenters. The van der Waals surface area contributed by atoms with Gasteiger partial charge in [-0.25, -0.2) is 8.42 Å². The van der Waals surface area contributed by atoms with E-state index in [1.165, 1.54) is 6.07 Å². The molecule has 0 radical (unpaired) electrons. The van der Waals surface area contributed by atoms with Gasteiger partial charge in [0.2, 0.25) is 0 Å². The Morgan fingerprint density at radius 1 is 1.19 bits per heavy atom. The van der Waals surface area contributed by atoms with E-state index in [0.29, 0.717) is 30.9 Å². The Hall–Kier alpha value is -0.760. The second-order valence-corrected chi connectivity index (χ2v) is 8.18. The molecule has 0 aliphatic heterocycles. The van der Waals surface area contributed by atoms with Crippen molar-refractivity contribution in [2.24, 2.45) is 0 Å². The van der Waals surface area contributed by atoms with Crippen LogP contribution in [-0.2, 0) is 10.0 Å². The molecule has 2 aromatic rings. The lowest BCUT2D eigenvalue weighted by Gasteiger charge is -2.13. The molecule has 4 nitrogen and oxygen atoms in total. The van der Waals surface area contributed by atoms with E-state index in [0.717, 1.165) is 0 Å². The van der Waals surface area contributed by atoms with Crippen LogP contribution >= 0.6 is 43.5 Å². The minimum Gasteiger partial charge on any atom is -0.398 e. The summed E-state index contributed by atoms with van der Waals surface area (Å²) < 4.78 is 28.7. The second-order valence-electron chi connectivity index (χ2n) is 4.35. The van der Waals surface area contributed by atoms with Crippen molar-refractivity contribution in [1.29, 1.82) is 0 Å². The summed E-state index contributed by atoms with van der Waals surface area (Å²) in [6.07, 6.45) is 0. The van der Waals surface area contributed by atoms with Crippen molar-refractivity contribution >= 4 is 64.9 Å². The Labute approximate surface area is 145 Å². The average Bonchev–Trinajstić information content (AvgIpc) is 2.37. The summed E-state index contributed by atoms with van der Waals surface area (Å²) in [5.41, 5.74) is 7.12. The van der Waals surface area contributed by atoms with Crippen LogP contribution in [0.25, 0.3) is 0 Å². The van der Waals surface area contributed by atoms with Crippen LogP contribution in [0.3, 0.4) is 0 Å². The largest absolute Gasteiger partial charge is 0.398 e. The molecule has 8 heteroatoms. The molecule has 0 aromatic heterocycles. The standard InChI is InChI=1S/C13H11Br2ClN2O2S/c1-7-12(17)4-8(14)5-13(7)21(19,20)18-9-2-3-11(16)10(15)6-9/h2-6,18H,17H2,1H3. The van der Waals surface area contributed by atoms with E-state index in [9.17, 15) is 8.42 Å². The monoisotopic (exact) mass is 452 g/mol. The lowest BCUT2D eigenvalue weighted by atomic mass is 10.2. The minimum absolute atomic E-state index is 0.125. The minimum atomic E-state index is -3.74. The highest BCUT2D eigenvalue weighted by atomic mass is 79.9. The van der Waals surface area contributed by atoms with Gasteiger partial charge in [0.1, 0.15) is 0 Å². The molecule has 3 N–H and O–H groups in total. The van der Waals surface area contributed by atoms with Gasteiger partial charge in [0.05, 0.1) is 15.6 Å². The Kier molecular flexibility index (Phi) is 4.87. The number of nitrogen functional groups attached to an aromatic ring is 1. The molecule has 0 aliphatic rings. The lowest BCUT2D eigenvalue weighted by molar-refractivity contribution is 0.600. The summed E-state index contributed by atoms with van der Waals surface area (Å²) >= 11 is 12.4. The molecule has 0 saturated heterocycles. The Morgan fingerprint density at radius 3 is 2.48 bits per heavy atom. The first kappa shape index (κ1) is 16.6. The number of anilines is 2.